The van der Waals surface area contributed by atoms with Crippen molar-refractivity contribution in [2.24, 2.45) is 0 Å². The maximum Gasteiger partial charge on any atom is -0.0345 e. The van der Waals surface area contributed by atoms with Crippen LogP contribution in [0.4, 0.5) is 0 Å². The lowest BCUT2D eigenvalue weighted by Gasteiger charge is -1.91. The maximum absolute atomic E-state index is 2.26. The Morgan fingerprint density at radius 3 is 1.00 bits per heavy atom. The molecule has 0 heterocycles. The van der Waals surface area contributed by atoms with Crippen LogP contribution in [0.15, 0.2) is 48.6 Å². The van der Waals surface area contributed by atoms with Gasteiger partial charge in [0, 0.05) is 0 Å². The van der Waals surface area contributed by atoms with Crippen molar-refractivity contribution >= 4 is 0 Å². The lowest BCUT2D eigenvalue weighted by Crippen LogP contribution is -1.71. The van der Waals surface area contributed by atoms with Crippen molar-refractivity contribution in [2.75, 3.05) is 0 Å². The summed E-state index contributed by atoms with van der Waals surface area (Å²) in [6.07, 6.45) is 25.0. The molecule has 0 heteroatoms. The molecule has 0 radical (unpaired) electrons. The van der Waals surface area contributed by atoms with Gasteiger partial charge in [-0.05, 0) is 38.5 Å². The number of hydrogen-bond donors (Lipinski definition) is 0. The third kappa shape index (κ3) is 6.47. The molecule has 76 valence electrons. The van der Waals surface area contributed by atoms with Crippen molar-refractivity contribution in [2.45, 2.75) is 38.5 Å². The highest BCUT2D eigenvalue weighted by Gasteiger charge is 1.82. The zero-order chi connectivity index (χ0) is 9.90. The molecule has 0 spiro atoms. The molecule has 0 atom stereocenters. The highest BCUT2D eigenvalue weighted by atomic mass is 13.9. The predicted molar refractivity (Wildman–Crippen MR) is 64.3 cm³/mol. The van der Waals surface area contributed by atoms with Gasteiger partial charge in [0.15, 0.2) is 0 Å². The third-order valence-corrected chi connectivity index (χ3v) is 2.25. The standard InChI is InChI=1S/C14H20/c1-2-4-6-8-10-12-14-13-11-9-7-5-3-1/h1-4,11-14H,5-10H2/b3-1-,4-2+,13-11+,14-12-. The summed E-state index contributed by atoms with van der Waals surface area (Å²) in [6, 6.07) is 0. The minimum Gasteiger partial charge on any atom is -0.0845 e. The molecular formula is C14H20. The molecule has 1 rings (SSSR count). The molecule has 0 unspecified atom stereocenters. The van der Waals surface area contributed by atoms with Gasteiger partial charge in [0.2, 0.25) is 0 Å². The van der Waals surface area contributed by atoms with E-state index < -0.39 is 0 Å². The second kappa shape index (κ2) is 8.55. The molecule has 1 aliphatic carbocycles. The van der Waals surface area contributed by atoms with Gasteiger partial charge < -0.3 is 0 Å². The van der Waals surface area contributed by atoms with Crippen molar-refractivity contribution in [3.63, 3.8) is 0 Å². The van der Waals surface area contributed by atoms with Crippen LogP contribution in [0, 0.1) is 0 Å². The fourth-order valence-corrected chi connectivity index (χ4v) is 1.41. The highest BCUT2D eigenvalue weighted by Crippen LogP contribution is 2.02. The quantitative estimate of drug-likeness (QED) is 0.522. The maximum atomic E-state index is 2.26. The first kappa shape index (κ1) is 11.0. The molecule has 0 nitrogen and oxygen atoms in total. The molecule has 0 saturated heterocycles. The Balaban J connectivity index is 2.33. The molecule has 0 saturated carbocycles. The minimum absolute atomic E-state index is 1.19. The fraction of sp³-hybridized carbons (Fsp3) is 0.429. The van der Waals surface area contributed by atoms with Gasteiger partial charge in [0.1, 0.15) is 0 Å². The summed E-state index contributed by atoms with van der Waals surface area (Å²) in [6.45, 7) is 0. The fourth-order valence-electron chi connectivity index (χ4n) is 1.41. The van der Waals surface area contributed by atoms with Crippen molar-refractivity contribution in [1.29, 1.82) is 0 Å². The molecule has 0 N–H and O–H groups in total. The van der Waals surface area contributed by atoms with Crippen LogP contribution >= 0.6 is 0 Å². The summed E-state index contributed by atoms with van der Waals surface area (Å²) >= 11 is 0. The van der Waals surface area contributed by atoms with Gasteiger partial charge >= 0.3 is 0 Å². The van der Waals surface area contributed by atoms with Crippen LogP contribution in [0.3, 0.4) is 0 Å². The predicted octanol–water partition coefficient (Wildman–Crippen LogP) is 4.57. The largest absolute Gasteiger partial charge is 0.0845 e. The van der Waals surface area contributed by atoms with Crippen LogP contribution < -0.4 is 0 Å². The van der Waals surface area contributed by atoms with E-state index >= 15 is 0 Å². The molecule has 14 heavy (non-hydrogen) atoms. The molecular weight excluding hydrogens is 168 g/mol. The van der Waals surface area contributed by atoms with E-state index in [1.807, 2.05) is 0 Å². The van der Waals surface area contributed by atoms with Crippen LogP contribution in [0.25, 0.3) is 0 Å². The van der Waals surface area contributed by atoms with Gasteiger partial charge in [0.05, 0.1) is 0 Å². The average molecular weight is 188 g/mol. The van der Waals surface area contributed by atoms with E-state index in [1.54, 1.807) is 0 Å². The molecule has 0 bridgehead atoms. The van der Waals surface area contributed by atoms with Crippen LogP contribution in [-0.4, -0.2) is 0 Å². The monoisotopic (exact) mass is 188 g/mol. The summed E-state index contributed by atoms with van der Waals surface area (Å²) < 4.78 is 0. The molecule has 0 aromatic heterocycles. The van der Waals surface area contributed by atoms with Crippen LogP contribution in [-0.2, 0) is 0 Å². The summed E-state index contributed by atoms with van der Waals surface area (Å²) in [4.78, 5) is 0. The van der Waals surface area contributed by atoms with Crippen molar-refractivity contribution < 1.29 is 0 Å². The van der Waals surface area contributed by atoms with E-state index in [2.05, 4.69) is 48.6 Å². The molecule has 1 aliphatic rings. The van der Waals surface area contributed by atoms with Gasteiger partial charge in [-0.15, -0.1) is 0 Å². The summed E-state index contributed by atoms with van der Waals surface area (Å²) in [5.41, 5.74) is 0. The van der Waals surface area contributed by atoms with Crippen LogP contribution in [0.5, 0.6) is 0 Å². The Labute approximate surface area is 87.7 Å². The summed E-state index contributed by atoms with van der Waals surface area (Å²) in [7, 11) is 0. The minimum atomic E-state index is 1.19. The van der Waals surface area contributed by atoms with Crippen molar-refractivity contribution in [3.8, 4) is 0 Å². The van der Waals surface area contributed by atoms with Gasteiger partial charge in [-0.25, -0.2) is 0 Å². The number of rotatable bonds is 0. The number of allylic oxidation sites excluding steroid dienone is 8. The Hall–Kier alpha value is -1.04. The van der Waals surface area contributed by atoms with E-state index in [-0.39, 0.29) is 0 Å². The second-order valence-electron chi connectivity index (χ2n) is 3.57. The Morgan fingerprint density at radius 2 is 0.714 bits per heavy atom. The first-order chi connectivity index (χ1) is 7.00. The van der Waals surface area contributed by atoms with Gasteiger partial charge in [0.25, 0.3) is 0 Å². The van der Waals surface area contributed by atoms with Gasteiger partial charge in [-0.1, -0.05) is 48.6 Å². The zero-order valence-corrected chi connectivity index (χ0v) is 8.86. The molecule has 0 aromatic rings. The summed E-state index contributed by atoms with van der Waals surface area (Å²) in [5, 5.41) is 0. The van der Waals surface area contributed by atoms with Crippen LogP contribution in [0.1, 0.15) is 38.5 Å². The normalized spacial score (nSPS) is 28.6. The van der Waals surface area contributed by atoms with Crippen molar-refractivity contribution in [3.05, 3.63) is 48.6 Å². The average Bonchev–Trinajstić information content (AvgIpc) is 2.22. The Kier molecular flexibility index (Phi) is 6.74. The lowest BCUT2D eigenvalue weighted by atomic mass is 10.2. The van der Waals surface area contributed by atoms with E-state index in [1.165, 1.54) is 38.5 Å². The lowest BCUT2D eigenvalue weighted by molar-refractivity contribution is 0.861. The first-order valence-corrected chi connectivity index (χ1v) is 5.63. The van der Waals surface area contributed by atoms with E-state index in [0.717, 1.165) is 0 Å². The highest BCUT2D eigenvalue weighted by molar-refractivity contribution is 5.05. The van der Waals surface area contributed by atoms with Gasteiger partial charge in [-0.3, -0.25) is 0 Å². The third-order valence-electron chi connectivity index (χ3n) is 2.25. The van der Waals surface area contributed by atoms with E-state index in [4.69, 9.17) is 0 Å². The van der Waals surface area contributed by atoms with Crippen molar-refractivity contribution in [1.82, 2.24) is 0 Å². The zero-order valence-electron chi connectivity index (χ0n) is 8.86. The molecule has 0 aliphatic heterocycles. The second-order valence-corrected chi connectivity index (χ2v) is 3.57. The smallest absolute Gasteiger partial charge is 0.0345 e. The van der Waals surface area contributed by atoms with Crippen LogP contribution in [0.2, 0.25) is 0 Å². The topological polar surface area (TPSA) is 0 Å². The number of hydrogen-bond acceptors (Lipinski definition) is 0. The molecule has 0 fully saturated rings. The molecule has 0 aromatic carbocycles. The van der Waals surface area contributed by atoms with Gasteiger partial charge in [-0.2, -0.15) is 0 Å². The summed E-state index contributed by atoms with van der Waals surface area (Å²) in [5.74, 6) is 0. The SMILES string of the molecule is C1=C\CCC/C=C/C=C\CCC/C=C/1. The van der Waals surface area contributed by atoms with E-state index in [0.29, 0.717) is 0 Å². The Bertz CT molecular complexity index is 178. The molecule has 0 amide bonds. The Morgan fingerprint density at radius 1 is 0.429 bits per heavy atom. The van der Waals surface area contributed by atoms with E-state index in [9.17, 15) is 0 Å². The first-order valence-electron chi connectivity index (χ1n) is 5.63.